The largest absolute Gasteiger partial charge is 0.495 e. The molecule has 0 bridgehead atoms. The van der Waals surface area contributed by atoms with Gasteiger partial charge in [0.1, 0.15) is 10.6 Å². The van der Waals surface area contributed by atoms with Crippen LogP contribution in [-0.4, -0.2) is 57.5 Å². The van der Waals surface area contributed by atoms with Crippen LogP contribution in [0.15, 0.2) is 27.6 Å². The molecule has 0 atom stereocenters. The van der Waals surface area contributed by atoms with Gasteiger partial charge in [-0.15, -0.1) is 12.4 Å². The summed E-state index contributed by atoms with van der Waals surface area (Å²) in [6.45, 7) is 5.62. The molecule has 21 heavy (non-hydrogen) atoms. The van der Waals surface area contributed by atoms with Gasteiger partial charge in [0.25, 0.3) is 0 Å². The van der Waals surface area contributed by atoms with E-state index in [1.807, 2.05) is 0 Å². The van der Waals surface area contributed by atoms with Crippen molar-refractivity contribution in [2.45, 2.75) is 11.8 Å². The van der Waals surface area contributed by atoms with Crippen molar-refractivity contribution in [3.63, 3.8) is 0 Å². The average Bonchev–Trinajstić information content (AvgIpc) is 2.47. The molecule has 0 aromatic heterocycles. The van der Waals surface area contributed by atoms with Crippen LogP contribution in [0.4, 0.5) is 0 Å². The molecule has 1 fully saturated rings. The van der Waals surface area contributed by atoms with Crippen LogP contribution in [0, 0.1) is 0 Å². The van der Waals surface area contributed by atoms with Crippen molar-refractivity contribution in [2.75, 3.05) is 39.8 Å². The predicted octanol–water partition coefficient (Wildman–Crippen LogP) is 2.21. The summed E-state index contributed by atoms with van der Waals surface area (Å²) < 4.78 is 32.9. The lowest BCUT2D eigenvalue weighted by Crippen LogP contribution is -2.48. The van der Waals surface area contributed by atoms with Gasteiger partial charge in [0.05, 0.1) is 7.11 Å². The Labute approximate surface area is 140 Å². The Morgan fingerprint density at radius 3 is 2.38 bits per heavy atom. The van der Waals surface area contributed by atoms with Crippen LogP contribution in [0.2, 0.25) is 0 Å². The smallest absolute Gasteiger partial charge is 0.246 e. The van der Waals surface area contributed by atoms with E-state index in [0.29, 0.717) is 18.8 Å². The number of rotatable bonds is 4. The number of nitrogens with zero attached hydrogens (tertiary/aromatic N) is 2. The first kappa shape index (κ1) is 18.7. The van der Waals surface area contributed by atoms with Crippen molar-refractivity contribution in [3.8, 4) is 5.75 Å². The van der Waals surface area contributed by atoms with Gasteiger partial charge in [-0.3, -0.25) is 0 Å². The lowest BCUT2D eigenvalue weighted by Gasteiger charge is -2.33. The summed E-state index contributed by atoms with van der Waals surface area (Å²) in [5, 5.41) is 0. The van der Waals surface area contributed by atoms with Crippen molar-refractivity contribution in [3.05, 3.63) is 22.7 Å². The van der Waals surface area contributed by atoms with Gasteiger partial charge in [0, 0.05) is 30.7 Å². The summed E-state index contributed by atoms with van der Waals surface area (Å²) in [5.74, 6) is 0.381. The highest BCUT2D eigenvalue weighted by Crippen LogP contribution is 2.30. The summed E-state index contributed by atoms with van der Waals surface area (Å²) in [6, 6.07) is 5.03. The third-order valence-corrected chi connectivity index (χ3v) is 5.94. The zero-order valence-corrected chi connectivity index (χ0v) is 15.3. The van der Waals surface area contributed by atoms with Crippen LogP contribution >= 0.6 is 28.3 Å². The molecule has 120 valence electrons. The van der Waals surface area contributed by atoms with Crippen LogP contribution in [-0.2, 0) is 10.0 Å². The maximum atomic E-state index is 12.7. The minimum atomic E-state index is -3.51. The number of sulfonamides is 1. The molecular weight excluding hydrogens is 380 g/mol. The van der Waals surface area contributed by atoms with Crippen LogP contribution in [0.3, 0.4) is 0 Å². The van der Waals surface area contributed by atoms with Crippen LogP contribution in [0.25, 0.3) is 0 Å². The topological polar surface area (TPSA) is 49.9 Å². The molecule has 1 aromatic rings. The minimum absolute atomic E-state index is 0. The second kappa shape index (κ2) is 7.78. The number of hydrogen-bond donors (Lipinski definition) is 0. The van der Waals surface area contributed by atoms with E-state index in [1.54, 1.807) is 18.2 Å². The Balaban J connectivity index is 0.00000220. The highest BCUT2D eigenvalue weighted by atomic mass is 79.9. The Hall–Kier alpha value is -0.340. The SMILES string of the molecule is CCN1CCN(S(=O)(=O)c2cc(Br)ccc2OC)CC1.Cl. The lowest BCUT2D eigenvalue weighted by molar-refractivity contribution is 0.196. The van der Waals surface area contributed by atoms with Crippen molar-refractivity contribution < 1.29 is 13.2 Å². The van der Waals surface area contributed by atoms with Gasteiger partial charge in [-0.2, -0.15) is 4.31 Å². The zero-order chi connectivity index (χ0) is 14.8. The molecule has 5 nitrogen and oxygen atoms in total. The number of piperazine rings is 1. The summed E-state index contributed by atoms with van der Waals surface area (Å²) in [6.07, 6.45) is 0. The molecule has 0 radical (unpaired) electrons. The predicted molar refractivity (Wildman–Crippen MR) is 88.8 cm³/mol. The number of benzene rings is 1. The molecule has 0 unspecified atom stereocenters. The third kappa shape index (κ3) is 4.10. The van der Waals surface area contributed by atoms with Crippen LogP contribution in [0.5, 0.6) is 5.75 Å². The van der Waals surface area contributed by atoms with Gasteiger partial charge in [-0.25, -0.2) is 8.42 Å². The quantitative estimate of drug-likeness (QED) is 0.779. The summed E-state index contributed by atoms with van der Waals surface area (Å²) >= 11 is 3.32. The molecule has 1 aromatic carbocycles. The van der Waals surface area contributed by atoms with E-state index in [4.69, 9.17) is 4.74 Å². The summed E-state index contributed by atoms with van der Waals surface area (Å²) in [7, 11) is -2.02. The molecule has 1 aliphatic rings. The van der Waals surface area contributed by atoms with Gasteiger partial charge in [-0.1, -0.05) is 22.9 Å². The summed E-state index contributed by atoms with van der Waals surface area (Å²) in [5.41, 5.74) is 0. The first-order valence-electron chi connectivity index (χ1n) is 6.55. The third-order valence-electron chi connectivity index (χ3n) is 3.52. The Bertz CT molecular complexity index is 575. The molecule has 8 heteroatoms. The van der Waals surface area contributed by atoms with E-state index in [-0.39, 0.29) is 17.3 Å². The highest BCUT2D eigenvalue weighted by molar-refractivity contribution is 9.10. The Morgan fingerprint density at radius 1 is 1.24 bits per heavy atom. The van der Waals surface area contributed by atoms with Crippen molar-refractivity contribution >= 4 is 38.4 Å². The van der Waals surface area contributed by atoms with Gasteiger partial charge >= 0.3 is 0 Å². The number of halogens is 2. The van der Waals surface area contributed by atoms with Crippen molar-refractivity contribution in [2.24, 2.45) is 0 Å². The molecule has 0 amide bonds. The standard InChI is InChI=1S/C13H19BrN2O3S.ClH/c1-3-15-6-8-16(9-7-15)20(17,18)13-10-11(14)4-5-12(13)19-2;/h4-5,10H,3,6-9H2,1-2H3;1H. The first-order valence-corrected chi connectivity index (χ1v) is 8.78. The molecule has 0 spiro atoms. The van der Waals surface area contributed by atoms with Crippen molar-refractivity contribution in [1.29, 1.82) is 0 Å². The van der Waals surface area contributed by atoms with Gasteiger partial charge in [0.15, 0.2) is 0 Å². The number of likely N-dealkylation sites (N-methyl/N-ethyl adjacent to an activating group) is 1. The second-order valence-electron chi connectivity index (χ2n) is 4.63. The van der Waals surface area contributed by atoms with Crippen LogP contribution < -0.4 is 4.74 Å². The molecule has 0 saturated carbocycles. The average molecular weight is 400 g/mol. The normalized spacial score (nSPS) is 17.3. The van der Waals surface area contributed by atoms with E-state index >= 15 is 0 Å². The van der Waals surface area contributed by atoms with E-state index in [2.05, 4.69) is 27.8 Å². The molecule has 1 saturated heterocycles. The highest BCUT2D eigenvalue weighted by Gasteiger charge is 2.30. The molecule has 0 aliphatic carbocycles. The fourth-order valence-electron chi connectivity index (χ4n) is 2.28. The Morgan fingerprint density at radius 2 is 1.86 bits per heavy atom. The molecular formula is C13H20BrClN2O3S. The van der Waals surface area contributed by atoms with E-state index in [1.165, 1.54) is 11.4 Å². The molecule has 2 rings (SSSR count). The van der Waals surface area contributed by atoms with E-state index in [0.717, 1.165) is 24.1 Å². The van der Waals surface area contributed by atoms with Gasteiger partial charge < -0.3 is 9.64 Å². The summed E-state index contributed by atoms with van der Waals surface area (Å²) in [4.78, 5) is 2.46. The maximum Gasteiger partial charge on any atom is 0.246 e. The zero-order valence-electron chi connectivity index (χ0n) is 12.1. The van der Waals surface area contributed by atoms with Crippen molar-refractivity contribution in [1.82, 2.24) is 9.21 Å². The maximum absolute atomic E-state index is 12.7. The fourth-order valence-corrected chi connectivity index (χ4v) is 4.39. The molecule has 1 aliphatic heterocycles. The lowest BCUT2D eigenvalue weighted by atomic mass is 10.3. The number of ether oxygens (including phenoxy) is 1. The van der Waals surface area contributed by atoms with E-state index in [9.17, 15) is 8.42 Å². The first-order chi connectivity index (χ1) is 9.48. The monoisotopic (exact) mass is 398 g/mol. The fraction of sp³-hybridized carbons (Fsp3) is 0.538. The number of methoxy groups -OCH3 is 1. The second-order valence-corrected chi connectivity index (χ2v) is 7.46. The molecule has 0 N–H and O–H groups in total. The van der Waals surface area contributed by atoms with Crippen LogP contribution in [0.1, 0.15) is 6.92 Å². The van der Waals surface area contributed by atoms with E-state index < -0.39 is 10.0 Å². The molecule has 1 heterocycles. The Kier molecular flexibility index (Phi) is 6.93. The van der Waals surface area contributed by atoms with Gasteiger partial charge in [-0.05, 0) is 24.7 Å². The number of hydrogen-bond acceptors (Lipinski definition) is 4. The van der Waals surface area contributed by atoms with Gasteiger partial charge in [0.2, 0.25) is 10.0 Å². The minimum Gasteiger partial charge on any atom is -0.495 e.